The van der Waals surface area contributed by atoms with Gasteiger partial charge in [-0.25, -0.2) is 4.98 Å². The fraction of sp³-hybridized carbons (Fsp3) is 0.556. The van der Waals surface area contributed by atoms with Gasteiger partial charge in [0.05, 0.1) is 18.4 Å². The maximum Gasteiger partial charge on any atom is 0.226 e. The van der Waals surface area contributed by atoms with Crippen LogP contribution in [0.25, 0.3) is 0 Å². The molecule has 5 nitrogen and oxygen atoms in total. The van der Waals surface area contributed by atoms with Gasteiger partial charge in [-0.1, -0.05) is 0 Å². The molecule has 0 bridgehead atoms. The van der Waals surface area contributed by atoms with Crippen molar-refractivity contribution < 1.29 is 4.79 Å². The zero-order valence-electron chi connectivity index (χ0n) is 8.72. The van der Waals surface area contributed by atoms with Crippen molar-refractivity contribution in [1.82, 2.24) is 15.3 Å². The number of carbonyl (C=O) groups is 1. The number of rotatable bonds is 2. The molecule has 5 heteroatoms. The number of nitrogens with zero attached hydrogens (tertiary/aromatic N) is 1. The van der Waals surface area contributed by atoms with Crippen LogP contribution in [-0.4, -0.2) is 21.4 Å². The Balaban J connectivity index is 2.54. The third kappa shape index (κ3) is 3.08. The van der Waals surface area contributed by atoms with Gasteiger partial charge < -0.3 is 16.0 Å². The Morgan fingerprint density at radius 1 is 1.64 bits per heavy atom. The van der Waals surface area contributed by atoms with Gasteiger partial charge in [-0.2, -0.15) is 0 Å². The molecule has 0 aromatic carbocycles. The Morgan fingerprint density at radius 2 is 2.29 bits per heavy atom. The average Bonchev–Trinajstić information content (AvgIpc) is 2.32. The predicted molar refractivity (Wildman–Crippen MR) is 54.6 cm³/mol. The Bertz CT molecular complexity index is 324. The summed E-state index contributed by atoms with van der Waals surface area (Å²) in [5.41, 5.74) is 5.97. The minimum Gasteiger partial charge on any atom is -0.382 e. The molecular formula is C9H16N4O. The maximum atomic E-state index is 11.5. The molecule has 0 aliphatic heterocycles. The normalized spacial score (nSPS) is 11.4. The lowest BCUT2D eigenvalue weighted by molar-refractivity contribution is -0.121. The van der Waals surface area contributed by atoms with Gasteiger partial charge in [-0.15, -0.1) is 0 Å². The molecule has 0 aliphatic rings. The van der Waals surface area contributed by atoms with Crippen molar-refractivity contribution in [1.29, 1.82) is 0 Å². The highest BCUT2D eigenvalue weighted by Crippen LogP contribution is 2.06. The van der Waals surface area contributed by atoms with Crippen LogP contribution in [0.2, 0.25) is 0 Å². The number of anilines is 1. The van der Waals surface area contributed by atoms with E-state index >= 15 is 0 Å². The first-order chi connectivity index (χ1) is 6.38. The number of H-pyrrole nitrogens is 1. The van der Waals surface area contributed by atoms with Crippen LogP contribution in [0.3, 0.4) is 0 Å². The van der Waals surface area contributed by atoms with Crippen LogP contribution in [-0.2, 0) is 11.2 Å². The topological polar surface area (TPSA) is 83.8 Å². The first-order valence-corrected chi connectivity index (χ1v) is 4.47. The van der Waals surface area contributed by atoms with Gasteiger partial charge >= 0.3 is 0 Å². The van der Waals surface area contributed by atoms with Gasteiger partial charge in [0.25, 0.3) is 0 Å². The van der Waals surface area contributed by atoms with Gasteiger partial charge in [0.15, 0.2) is 0 Å². The van der Waals surface area contributed by atoms with Crippen molar-refractivity contribution >= 4 is 11.7 Å². The van der Waals surface area contributed by atoms with Crippen LogP contribution < -0.4 is 11.1 Å². The summed E-state index contributed by atoms with van der Waals surface area (Å²) in [7, 11) is 0. The molecule has 0 unspecified atom stereocenters. The average molecular weight is 196 g/mol. The van der Waals surface area contributed by atoms with Crippen molar-refractivity contribution in [2.45, 2.75) is 32.7 Å². The second-order valence-corrected chi connectivity index (χ2v) is 4.24. The predicted octanol–water partition coefficient (Wildman–Crippen LogP) is 0.449. The molecular weight excluding hydrogens is 180 g/mol. The lowest BCUT2D eigenvalue weighted by atomic mass is 10.1. The van der Waals surface area contributed by atoms with E-state index in [-0.39, 0.29) is 17.9 Å². The number of hydrogen-bond acceptors (Lipinski definition) is 3. The summed E-state index contributed by atoms with van der Waals surface area (Å²) >= 11 is 0. The van der Waals surface area contributed by atoms with E-state index in [9.17, 15) is 4.79 Å². The number of imidazole rings is 1. The molecule has 78 valence electrons. The number of aromatic amines is 1. The molecule has 1 aromatic rings. The number of aromatic nitrogens is 2. The second kappa shape index (κ2) is 3.69. The van der Waals surface area contributed by atoms with E-state index in [1.54, 1.807) is 0 Å². The van der Waals surface area contributed by atoms with E-state index in [1.165, 1.54) is 6.33 Å². The van der Waals surface area contributed by atoms with Gasteiger partial charge in [-0.3, -0.25) is 4.79 Å². The molecule has 1 rings (SSSR count). The summed E-state index contributed by atoms with van der Waals surface area (Å²) in [5, 5.41) is 2.84. The highest BCUT2D eigenvalue weighted by Gasteiger charge is 2.15. The Labute approximate surface area is 83.1 Å². The molecule has 0 radical (unpaired) electrons. The molecule has 4 N–H and O–H groups in total. The van der Waals surface area contributed by atoms with Crippen LogP contribution in [0, 0.1) is 0 Å². The van der Waals surface area contributed by atoms with Crippen LogP contribution in [0.4, 0.5) is 5.82 Å². The fourth-order valence-corrected chi connectivity index (χ4v) is 1.10. The first kappa shape index (κ1) is 10.6. The minimum atomic E-state index is -0.216. The maximum absolute atomic E-state index is 11.5. The molecule has 1 amide bonds. The number of hydrogen-bond donors (Lipinski definition) is 3. The monoisotopic (exact) mass is 196 g/mol. The summed E-state index contributed by atoms with van der Waals surface area (Å²) < 4.78 is 0. The lowest BCUT2D eigenvalue weighted by Crippen LogP contribution is -2.41. The molecule has 0 spiro atoms. The third-order valence-electron chi connectivity index (χ3n) is 1.60. The molecule has 1 heterocycles. The Morgan fingerprint density at radius 3 is 2.71 bits per heavy atom. The number of amides is 1. The van der Waals surface area contributed by atoms with Crippen LogP contribution in [0.1, 0.15) is 26.5 Å². The summed E-state index contributed by atoms with van der Waals surface area (Å²) in [4.78, 5) is 18.1. The smallest absolute Gasteiger partial charge is 0.226 e. The Hall–Kier alpha value is -1.52. The minimum absolute atomic E-state index is 0.0616. The van der Waals surface area contributed by atoms with E-state index in [0.29, 0.717) is 11.5 Å². The van der Waals surface area contributed by atoms with E-state index in [0.717, 1.165) is 0 Å². The summed E-state index contributed by atoms with van der Waals surface area (Å²) in [6.07, 6.45) is 1.72. The lowest BCUT2D eigenvalue weighted by Gasteiger charge is -2.20. The van der Waals surface area contributed by atoms with E-state index in [2.05, 4.69) is 15.3 Å². The number of nitrogens with one attached hydrogen (secondary N) is 2. The summed E-state index contributed by atoms with van der Waals surface area (Å²) in [6, 6.07) is 0. The molecule has 0 aliphatic carbocycles. The fourth-order valence-electron chi connectivity index (χ4n) is 1.10. The van der Waals surface area contributed by atoms with Crippen molar-refractivity contribution in [3.63, 3.8) is 0 Å². The quantitative estimate of drug-likeness (QED) is 0.642. The van der Waals surface area contributed by atoms with E-state index in [4.69, 9.17) is 5.73 Å². The van der Waals surface area contributed by atoms with Crippen molar-refractivity contribution in [2.24, 2.45) is 0 Å². The largest absolute Gasteiger partial charge is 0.382 e. The standard InChI is InChI=1S/C9H16N4O/c1-9(2,3)13-7(14)4-6-8(10)12-5-11-6/h5H,4,10H2,1-3H3,(H,11,12)(H,13,14). The van der Waals surface area contributed by atoms with E-state index < -0.39 is 0 Å². The molecule has 0 fully saturated rings. The third-order valence-corrected chi connectivity index (χ3v) is 1.60. The zero-order chi connectivity index (χ0) is 10.8. The second-order valence-electron chi connectivity index (χ2n) is 4.24. The van der Waals surface area contributed by atoms with Gasteiger partial charge in [0, 0.05) is 5.54 Å². The summed E-state index contributed by atoms with van der Waals surface area (Å²) in [5.74, 6) is 0.322. The van der Waals surface area contributed by atoms with E-state index in [1.807, 2.05) is 20.8 Å². The van der Waals surface area contributed by atoms with Gasteiger partial charge in [0.1, 0.15) is 5.82 Å². The SMILES string of the molecule is CC(C)(C)NC(=O)Cc1[nH]cnc1N. The van der Waals surface area contributed by atoms with Crippen LogP contribution in [0.5, 0.6) is 0 Å². The molecule has 14 heavy (non-hydrogen) atoms. The summed E-state index contributed by atoms with van der Waals surface area (Å²) in [6.45, 7) is 5.80. The number of nitrogen functional groups attached to an aromatic ring is 1. The van der Waals surface area contributed by atoms with Crippen molar-refractivity contribution in [3.8, 4) is 0 Å². The van der Waals surface area contributed by atoms with Gasteiger partial charge in [0.2, 0.25) is 5.91 Å². The zero-order valence-corrected chi connectivity index (χ0v) is 8.72. The molecule has 1 aromatic heterocycles. The molecule has 0 saturated carbocycles. The first-order valence-electron chi connectivity index (χ1n) is 4.47. The highest BCUT2D eigenvalue weighted by molar-refractivity contribution is 5.79. The Kier molecular flexibility index (Phi) is 2.78. The van der Waals surface area contributed by atoms with Gasteiger partial charge in [-0.05, 0) is 20.8 Å². The number of nitrogens with two attached hydrogens (primary N) is 1. The molecule has 0 saturated heterocycles. The van der Waals surface area contributed by atoms with Crippen LogP contribution >= 0.6 is 0 Å². The number of carbonyl (C=O) groups excluding carboxylic acids is 1. The van der Waals surface area contributed by atoms with Crippen LogP contribution in [0.15, 0.2) is 6.33 Å². The highest BCUT2D eigenvalue weighted by atomic mass is 16.1. The van der Waals surface area contributed by atoms with Crippen molar-refractivity contribution in [3.05, 3.63) is 12.0 Å². The molecule has 0 atom stereocenters. The van der Waals surface area contributed by atoms with Crippen molar-refractivity contribution in [2.75, 3.05) is 5.73 Å².